The Balaban J connectivity index is 2.00. The maximum Gasteiger partial charge on any atom is 0.339 e. The van der Waals surface area contributed by atoms with E-state index >= 15 is 0 Å². The molecule has 1 aromatic heterocycles. The number of nitrogens with zero attached hydrogens (tertiary/aromatic N) is 1. The Morgan fingerprint density at radius 2 is 2.12 bits per heavy atom. The van der Waals surface area contributed by atoms with Gasteiger partial charge in [0.2, 0.25) is 0 Å². The number of ether oxygens (including phenoxy) is 2. The number of rotatable bonds is 8. The molecule has 0 radical (unpaired) electrons. The van der Waals surface area contributed by atoms with Crippen molar-refractivity contribution >= 4 is 17.6 Å². The molecule has 1 aromatic carbocycles. The number of hydrogen-bond acceptors (Lipinski definition) is 7. The first kappa shape index (κ1) is 19.0. The summed E-state index contributed by atoms with van der Waals surface area (Å²) < 4.78 is 15.3. The molecule has 2 rings (SSSR count). The summed E-state index contributed by atoms with van der Waals surface area (Å²) in [6.45, 7) is 3.49. The van der Waals surface area contributed by atoms with Crippen molar-refractivity contribution in [1.82, 2.24) is 5.32 Å². The molecular weight excluding hydrogens is 344 g/mol. The van der Waals surface area contributed by atoms with Crippen LogP contribution in [0.3, 0.4) is 0 Å². The van der Waals surface area contributed by atoms with E-state index in [4.69, 9.17) is 13.9 Å². The van der Waals surface area contributed by atoms with Gasteiger partial charge < -0.3 is 19.2 Å². The van der Waals surface area contributed by atoms with Crippen LogP contribution in [-0.2, 0) is 16.1 Å². The largest absolute Gasteiger partial charge is 0.487 e. The fraction of sp³-hybridized carbons (Fsp3) is 0.294. The molecule has 1 heterocycles. The van der Waals surface area contributed by atoms with Gasteiger partial charge in [0.25, 0.3) is 5.91 Å². The zero-order valence-corrected chi connectivity index (χ0v) is 14.3. The molecule has 0 spiro atoms. The molecule has 0 fully saturated rings. The molecule has 9 nitrogen and oxygen atoms in total. The van der Waals surface area contributed by atoms with E-state index in [2.05, 4.69) is 5.32 Å². The van der Waals surface area contributed by atoms with E-state index in [0.29, 0.717) is 5.76 Å². The van der Waals surface area contributed by atoms with Crippen LogP contribution in [0, 0.1) is 10.1 Å². The summed E-state index contributed by atoms with van der Waals surface area (Å²) in [4.78, 5) is 34.6. The van der Waals surface area contributed by atoms with Gasteiger partial charge >= 0.3 is 11.7 Å². The first-order chi connectivity index (χ1) is 12.4. The minimum atomic E-state index is -1.08. The third kappa shape index (κ3) is 4.82. The highest BCUT2D eigenvalue weighted by atomic mass is 16.6. The fourth-order valence-electron chi connectivity index (χ4n) is 2.08. The Labute approximate surface area is 149 Å². The number of esters is 1. The van der Waals surface area contributed by atoms with Crippen molar-refractivity contribution in [3.8, 4) is 5.75 Å². The molecule has 0 saturated heterocycles. The van der Waals surface area contributed by atoms with Gasteiger partial charge in [-0.2, -0.15) is 0 Å². The highest BCUT2D eigenvalue weighted by Crippen LogP contribution is 2.28. The van der Waals surface area contributed by atoms with E-state index in [1.165, 1.54) is 25.3 Å². The Morgan fingerprint density at radius 1 is 1.35 bits per heavy atom. The first-order valence-electron chi connectivity index (χ1n) is 7.84. The van der Waals surface area contributed by atoms with Crippen molar-refractivity contribution in [1.29, 1.82) is 0 Å². The molecule has 2 aromatic rings. The van der Waals surface area contributed by atoms with Crippen LogP contribution in [0.25, 0.3) is 0 Å². The summed E-state index contributed by atoms with van der Waals surface area (Å²) in [5.41, 5.74) is -0.401. The zero-order valence-electron chi connectivity index (χ0n) is 14.3. The first-order valence-corrected chi connectivity index (χ1v) is 7.84. The van der Waals surface area contributed by atoms with Crippen LogP contribution in [0.1, 0.15) is 30.0 Å². The number of nitro groups is 1. The van der Waals surface area contributed by atoms with E-state index in [0.717, 1.165) is 6.07 Å². The van der Waals surface area contributed by atoms with Crippen molar-refractivity contribution in [2.75, 3.05) is 6.61 Å². The van der Waals surface area contributed by atoms with E-state index in [-0.39, 0.29) is 30.2 Å². The topological polar surface area (TPSA) is 121 Å². The van der Waals surface area contributed by atoms with E-state index < -0.39 is 22.9 Å². The molecule has 0 unspecified atom stereocenters. The van der Waals surface area contributed by atoms with Gasteiger partial charge in [-0.25, -0.2) is 4.79 Å². The second-order valence-electron chi connectivity index (χ2n) is 5.22. The van der Waals surface area contributed by atoms with Crippen LogP contribution in [0.15, 0.2) is 41.0 Å². The van der Waals surface area contributed by atoms with Crippen molar-refractivity contribution < 1.29 is 28.4 Å². The van der Waals surface area contributed by atoms with Crippen LogP contribution in [0.5, 0.6) is 5.75 Å². The molecule has 9 heteroatoms. The van der Waals surface area contributed by atoms with Crippen LogP contribution in [0.4, 0.5) is 5.69 Å². The number of amides is 1. The zero-order chi connectivity index (χ0) is 19.1. The average molecular weight is 362 g/mol. The summed E-state index contributed by atoms with van der Waals surface area (Å²) in [5, 5.41) is 13.7. The molecule has 1 amide bonds. The van der Waals surface area contributed by atoms with Crippen LogP contribution < -0.4 is 10.1 Å². The Morgan fingerprint density at radius 3 is 2.73 bits per heavy atom. The molecule has 0 bridgehead atoms. The number of nitrogens with one attached hydrogen (secondary N) is 1. The van der Waals surface area contributed by atoms with E-state index in [1.807, 2.05) is 0 Å². The lowest BCUT2D eigenvalue weighted by Crippen LogP contribution is -2.35. The SMILES string of the molecule is CCOc1ccc(C(=O)O[C@@H](C)C(=O)NCc2ccco2)cc1[N+](=O)[O-]. The van der Waals surface area contributed by atoms with Gasteiger partial charge in [0, 0.05) is 6.07 Å². The summed E-state index contributed by atoms with van der Waals surface area (Å²) in [5.74, 6) is -0.760. The standard InChI is InChI=1S/C17H18N2O7/c1-3-24-15-7-6-12(9-14(15)19(22)23)17(21)26-11(2)16(20)18-10-13-5-4-8-25-13/h4-9,11H,3,10H2,1-2H3,(H,18,20)/t11-/m0/s1. The minimum Gasteiger partial charge on any atom is -0.487 e. The molecule has 26 heavy (non-hydrogen) atoms. The number of benzene rings is 1. The van der Waals surface area contributed by atoms with Gasteiger partial charge in [-0.1, -0.05) is 0 Å². The molecule has 0 aliphatic rings. The van der Waals surface area contributed by atoms with Crippen molar-refractivity contribution in [3.63, 3.8) is 0 Å². The highest BCUT2D eigenvalue weighted by molar-refractivity contribution is 5.93. The maximum atomic E-state index is 12.2. The third-order valence-corrected chi connectivity index (χ3v) is 3.36. The number of carbonyl (C=O) groups is 2. The lowest BCUT2D eigenvalue weighted by molar-refractivity contribution is -0.385. The van der Waals surface area contributed by atoms with E-state index in [1.54, 1.807) is 19.1 Å². The van der Waals surface area contributed by atoms with Crippen LogP contribution in [0.2, 0.25) is 0 Å². The predicted octanol–water partition coefficient (Wildman–Crippen LogP) is 2.45. The highest BCUT2D eigenvalue weighted by Gasteiger charge is 2.23. The average Bonchev–Trinajstić information content (AvgIpc) is 3.13. The second kappa shape index (κ2) is 8.65. The molecule has 138 valence electrons. The Bertz CT molecular complexity index is 786. The molecule has 0 aliphatic heterocycles. The predicted molar refractivity (Wildman–Crippen MR) is 89.7 cm³/mol. The summed E-state index contributed by atoms with van der Waals surface area (Å²) in [6, 6.07) is 7.09. The van der Waals surface area contributed by atoms with Crippen molar-refractivity contribution in [2.45, 2.75) is 26.5 Å². The Kier molecular flexibility index (Phi) is 6.31. The van der Waals surface area contributed by atoms with Gasteiger partial charge in [0.1, 0.15) is 5.76 Å². The van der Waals surface area contributed by atoms with Crippen LogP contribution in [-0.4, -0.2) is 29.5 Å². The number of furan rings is 1. The lowest BCUT2D eigenvalue weighted by atomic mass is 10.2. The molecule has 0 aliphatic carbocycles. The maximum absolute atomic E-state index is 12.2. The van der Waals surface area contributed by atoms with Crippen LogP contribution >= 0.6 is 0 Å². The fourth-order valence-corrected chi connectivity index (χ4v) is 2.08. The molecule has 1 N–H and O–H groups in total. The smallest absolute Gasteiger partial charge is 0.339 e. The molecular formula is C17H18N2O7. The lowest BCUT2D eigenvalue weighted by Gasteiger charge is -2.13. The van der Waals surface area contributed by atoms with Gasteiger partial charge in [-0.15, -0.1) is 0 Å². The number of hydrogen-bond donors (Lipinski definition) is 1. The van der Waals surface area contributed by atoms with Gasteiger partial charge in [-0.05, 0) is 38.1 Å². The summed E-state index contributed by atoms with van der Waals surface area (Å²) in [7, 11) is 0. The number of nitro benzene ring substituents is 1. The normalized spacial score (nSPS) is 11.5. The summed E-state index contributed by atoms with van der Waals surface area (Å²) in [6.07, 6.45) is 0.395. The minimum absolute atomic E-state index is 0.0502. The number of carbonyl (C=O) groups excluding carboxylic acids is 2. The summed E-state index contributed by atoms with van der Waals surface area (Å²) >= 11 is 0. The van der Waals surface area contributed by atoms with Gasteiger partial charge in [0.05, 0.1) is 29.9 Å². The van der Waals surface area contributed by atoms with Crippen molar-refractivity contribution in [2.24, 2.45) is 0 Å². The Hall–Kier alpha value is -3.36. The molecule has 1 atom stereocenters. The van der Waals surface area contributed by atoms with Gasteiger partial charge in [-0.3, -0.25) is 14.9 Å². The molecule has 0 saturated carbocycles. The van der Waals surface area contributed by atoms with E-state index in [9.17, 15) is 19.7 Å². The second-order valence-corrected chi connectivity index (χ2v) is 5.22. The van der Waals surface area contributed by atoms with Crippen molar-refractivity contribution in [3.05, 3.63) is 58.0 Å². The monoisotopic (exact) mass is 362 g/mol. The third-order valence-electron chi connectivity index (χ3n) is 3.36. The quantitative estimate of drug-likeness (QED) is 0.435. The van der Waals surface area contributed by atoms with Gasteiger partial charge in [0.15, 0.2) is 11.9 Å².